The normalized spacial score (nSPS) is 15.8. The van der Waals surface area contributed by atoms with Crippen LogP contribution in [0.3, 0.4) is 0 Å². The highest BCUT2D eigenvalue weighted by atomic mass is 32.2. The highest BCUT2D eigenvalue weighted by molar-refractivity contribution is 7.89. The minimum absolute atomic E-state index is 0.180. The van der Waals surface area contributed by atoms with Crippen molar-refractivity contribution in [3.8, 4) is 5.75 Å². The molecule has 3 aromatic rings. The van der Waals surface area contributed by atoms with E-state index in [1.54, 1.807) is 52.6 Å². The van der Waals surface area contributed by atoms with Gasteiger partial charge in [-0.25, -0.2) is 12.8 Å². The van der Waals surface area contributed by atoms with Gasteiger partial charge >= 0.3 is 0 Å². The van der Waals surface area contributed by atoms with Crippen molar-refractivity contribution in [2.24, 2.45) is 0 Å². The van der Waals surface area contributed by atoms with Crippen molar-refractivity contribution in [1.82, 2.24) is 9.21 Å². The Morgan fingerprint density at radius 1 is 1.14 bits per heavy atom. The SMILES string of the molecule is CCCN(CC(=O)N1CCc2sccc2C1COc1ccc(F)cc1)S(=O)(=O)c1ccc(C)cc1. The first-order valence-electron chi connectivity index (χ1n) is 11.6. The highest BCUT2D eigenvalue weighted by Gasteiger charge is 2.35. The van der Waals surface area contributed by atoms with Gasteiger partial charge in [0, 0.05) is 18.0 Å². The first kappa shape index (κ1) is 25.3. The van der Waals surface area contributed by atoms with Crippen LogP contribution >= 0.6 is 11.3 Å². The molecule has 1 aromatic heterocycles. The van der Waals surface area contributed by atoms with Gasteiger partial charge in [-0.2, -0.15) is 4.31 Å². The van der Waals surface area contributed by atoms with Crippen molar-refractivity contribution in [3.63, 3.8) is 0 Å². The number of amides is 1. The number of nitrogens with zero attached hydrogens (tertiary/aromatic N) is 2. The summed E-state index contributed by atoms with van der Waals surface area (Å²) in [6, 6.07) is 14.1. The van der Waals surface area contributed by atoms with Crippen LogP contribution in [-0.2, 0) is 21.2 Å². The lowest BCUT2D eigenvalue weighted by Gasteiger charge is -2.37. The van der Waals surface area contributed by atoms with Crippen LogP contribution < -0.4 is 4.74 Å². The van der Waals surface area contributed by atoms with Crippen molar-refractivity contribution in [1.29, 1.82) is 0 Å². The molecular weight excluding hydrogens is 487 g/mol. The molecule has 4 rings (SSSR count). The van der Waals surface area contributed by atoms with E-state index < -0.39 is 10.0 Å². The number of benzene rings is 2. The second kappa shape index (κ2) is 10.9. The zero-order chi connectivity index (χ0) is 25.0. The van der Waals surface area contributed by atoms with Crippen LogP contribution in [0.25, 0.3) is 0 Å². The zero-order valence-electron chi connectivity index (χ0n) is 19.8. The topological polar surface area (TPSA) is 66.9 Å². The van der Waals surface area contributed by atoms with Gasteiger partial charge < -0.3 is 9.64 Å². The predicted octanol–water partition coefficient (Wildman–Crippen LogP) is 4.80. The molecule has 6 nitrogen and oxygen atoms in total. The molecule has 0 aliphatic carbocycles. The van der Waals surface area contributed by atoms with Crippen molar-refractivity contribution >= 4 is 27.3 Å². The average Bonchev–Trinajstić information content (AvgIpc) is 3.32. The van der Waals surface area contributed by atoms with Gasteiger partial charge in [-0.15, -0.1) is 11.3 Å². The van der Waals surface area contributed by atoms with E-state index in [9.17, 15) is 17.6 Å². The molecule has 1 atom stereocenters. The molecule has 0 fully saturated rings. The van der Waals surface area contributed by atoms with Crippen LogP contribution in [-0.4, -0.2) is 49.8 Å². The number of sulfonamides is 1. The van der Waals surface area contributed by atoms with E-state index in [-0.39, 0.29) is 42.4 Å². The van der Waals surface area contributed by atoms with Crippen molar-refractivity contribution < 1.29 is 22.3 Å². The Kier molecular flexibility index (Phi) is 7.88. The first-order chi connectivity index (χ1) is 16.8. The van der Waals surface area contributed by atoms with E-state index in [1.807, 2.05) is 25.3 Å². The molecule has 1 aliphatic heterocycles. The Morgan fingerprint density at radius 3 is 2.54 bits per heavy atom. The van der Waals surface area contributed by atoms with E-state index in [4.69, 9.17) is 4.74 Å². The molecule has 2 aromatic carbocycles. The summed E-state index contributed by atoms with van der Waals surface area (Å²) in [5.41, 5.74) is 1.98. The number of hydrogen-bond donors (Lipinski definition) is 0. The number of fused-ring (bicyclic) bond motifs is 1. The van der Waals surface area contributed by atoms with E-state index in [0.29, 0.717) is 25.1 Å². The number of aryl methyl sites for hydroxylation is 1. The summed E-state index contributed by atoms with van der Waals surface area (Å²) in [4.78, 5) is 16.6. The molecule has 0 radical (unpaired) electrons. The third-order valence-corrected chi connectivity index (χ3v) is 8.94. The van der Waals surface area contributed by atoms with E-state index >= 15 is 0 Å². The van der Waals surface area contributed by atoms with Crippen LogP contribution in [0.1, 0.15) is 35.4 Å². The number of rotatable bonds is 9. The molecule has 9 heteroatoms. The highest BCUT2D eigenvalue weighted by Crippen LogP contribution is 2.34. The number of ether oxygens (including phenoxy) is 1. The van der Waals surface area contributed by atoms with Gasteiger partial charge in [-0.3, -0.25) is 4.79 Å². The summed E-state index contributed by atoms with van der Waals surface area (Å²) < 4.78 is 47.1. The molecule has 35 heavy (non-hydrogen) atoms. The molecule has 2 heterocycles. The Morgan fingerprint density at radius 2 is 1.86 bits per heavy atom. The van der Waals surface area contributed by atoms with Gasteiger partial charge in [0.15, 0.2) is 0 Å². The maximum Gasteiger partial charge on any atom is 0.243 e. The third-order valence-electron chi connectivity index (χ3n) is 6.08. The maximum atomic E-state index is 13.5. The Labute approximate surface area is 210 Å². The minimum atomic E-state index is -3.82. The van der Waals surface area contributed by atoms with Crippen LogP contribution in [0.4, 0.5) is 4.39 Å². The van der Waals surface area contributed by atoms with Gasteiger partial charge in [0.05, 0.1) is 17.5 Å². The van der Waals surface area contributed by atoms with Gasteiger partial charge in [-0.1, -0.05) is 24.6 Å². The van der Waals surface area contributed by atoms with Gasteiger partial charge in [0.1, 0.15) is 18.2 Å². The fourth-order valence-corrected chi connectivity index (χ4v) is 6.62. The molecule has 186 valence electrons. The standard InChI is InChI=1S/C26H29FN2O4S2/c1-3-14-28(35(31,32)22-10-4-19(2)5-11-22)17-26(30)29-15-12-25-23(13-16-34-25)24(29)18-33-21-8-6-20(27)7-9-21/h4-11,13,16,24H,3,12,14-15,17-18H2,1-2H3. The molecular formula is C26H29FN2O4S2. The lowest BCUT2D eigenvalue weighted by Crippen LogP contribution is -2.48. The monoisotopic (exact) mass is 516 g/mol. The fourth-order valence-electron chi connectivity index (χ4n) is 4.22. The molecule has 0 saturated carbocycles. The summed E-state index contributed by atoms with van der Waals surface area (Å²) in [5, 5.41) is 1.99. The summed E-state index contributed by atoms with van der Waals surface area (Å²) >= 11 is 1.64. The predicted molar refractivity (Wildman–Crippen MR) is 135 cm³/mol. The van der Waals surface area contributed by atoms with Crippen molar-refractivity contribution in [2.45, 2.75) is 37.6 Å². The third kappa shape index (κ3) is 5.74. The Balaban J connectivity index is 1.55. The molecule has 0 saturated heterocycles. The number of halogens is 1. The van der Waals surface area contributed by atoms with Crippen LogP contribution in [0.5, 0.6) is 5.75 Å². The summed E-state index contributed by atoms with van der Waals surface area (Å²) in [7, 11) is -3.82. The van der Waals surface area contributed by atoms with Crippen molar-refractivity contribution in [3.05, 3.63) is 81.8 Å². The van der Waals surface area contributed by atoms with Gasteiger partial charge in [0.2, 0.25) is 15.9 Å². The Bertz CT molecular complexity index is 1260. The van der Waals surface area contributed by atoms with Crippen LogP contribution in [0.15, 0.2) is 64.9 Å². The number of carbonyl (C=O) groups is 1. The summed E-state index contributed by atoms with van der Waals surface area (Å²) in [6.07, 6.45) is 1.30. The second-order valence-corrected chi connectivity index (χ2v) is 11.5. The van der Waals surface area contributed by atoms with E-state index in [2.05, 4.69) is 0 Å². The average molecular weight is 517 g/mol. The molecule has 1 unspecified atom stereocenters. The molecule has 1 aliphatic rings. The van der Waals surface area contributed by atoms with E-state index in [1.165, 1.54) is 21.3 Å². The maximum absolute atomic E-state index is 13.5. The summed E-state index contributed by atoms with van der Waals surface area (Å²) in [5.74, 6) is -0.104. The Hall–Kier alpha value is -2.75. The first-order valence-corrected chi connectivity index (χ1v) is 13.9. The fraction of sp³-hybridized carbons (Fsp3) is 0.346. The van der Waals surface area contributed by atoms with Gasteiger partial charge in [-0.05, 0) is 73.2 Å². The summed E-state index contributed by atoms with van der Waals surface area (Å²) in [6.45, 7) is 4.47. The van der Waals surface area contributed by atoms with E-state index in [0.717, 1.165) is 11.1 Å². The van der Waals surface area contributed by atoms with Crippen molar-refractivity contribution in [2.75, 3.05) is 26.2 Å². The van der Waals surface area contributed by atoms with Crippen LogP contribution in [0, 0.1) is 12.7 Å². The molecule has 1 amide bonds. The lowest BCUT2D eigenvalue weighted by molar-refractivity contribution is -0.135. The second-order valence-electron chi connectivity index (χ2n) is 8.57. The van der Waals surface area contributed by atoms with Crippen LogP contribution in [0.2, 0.25) is 0 Å². The molecule has 0 spiro atoms. The largest absolute Gasteiger partial charge is 0.491 e. The van der Waals surface area contributed by atoms with Gasteiger partial charge in [0.25, 0.3) is 0 Å². The number of thiophene rings is 1. The molecule has 0 bridgehead atoms. The smallest absolute Gasteiger partial charge is 0.243 e. The lowest BCUT2D eigenvalue weighted by atomic mass is 10.0. The minimum Gasteiger partial charge on any atom is -0.491 e. The quantitative estimate of drug-likeness (QED) is 0.410. The molecule has 0 N–H and O–H groups in total. The number of carbonyl (C=O) groups excluding carboxylic acids is 1. The number of hydrogen-bond acceptors (Lipinski definition) is 5. The zero-order valence-corrected chi connectivity index (χ0v) is 21.4.